The van der Waals surface area contributed by atoms with E-state index in [0.29, 0.717) is 43.6 Å². The molecule has 0 spiro atoms. The predicted molar refractivity (Wildman–Crippen MR) is 139 cm³/mol. The molecular formula is C27H23F3N4O3S. The average Bonchev–Trinajstić information content (AvgIpc) is 3.49. The largest absolute Gasteiger partial charge is 0.416 e. The standard InChI is InChI=1S/C27H23F3N4O3S/c28-27(29,30)19-6-4-9-21(16-19)33-11-5-10-22(33)17-23-25(36)34(26(37)38-23)18-24(35)32-14-12-31(13-15-32)20-7-2-1-3-8-20/h1-11,16-17H,12-15,18H2/b23-17+. The zero-order valence-electron chi connectivity index (χ0n) is 20.1. The number of carbonyl (C=O) groups excluding carboxylic acids is 3. The third-order valence-corrected chi connectivity index (χ3v) is 7.34. The summed E-state index contributed by atoms with van der Waals surface area (Å²) >= 11 is 0.704. The summed E-state index contributed by atoms with van der Waals surface area (Å²) in [6.07, 6.45) is -1.47. The first-order valence-corrected chi connectivity index (χ1v) is 12.7. The summed E-state index contributed by atoms with van der Waals surface area (Å²) in [5, 5.41) is -0.560. The second-order valence-corrected chi connectivity index (χ2v) is 9.82. The van der Waals surface area contributed by atoms with Crippen molar-refractivity contribution in [3.05, 3.63) is 89.1 Å². The number of rotatable bonds is 5. The van der Waals surface area contributed by atoms with E-state index in [2.05, 4.69) is 4.90 Å². The van der Waals surface area contributed by atoms with Crippen molar-refractivity contribution in [2.45, 2.75) is 6.18 Å². The highest BCUT2D eigenvalue weighted by Crippen LogP contribution is 2.34. The van der Waals surface area contributed by atoms with E-state index in [1.54, 1.807) is 23.2 Å². The Kier molecular flexibility index (Phi) is 7.02. The van der Waals surface area contributed by atoms with Crippen LogP contribution in [0.15, 0.2) is 77.8 Å². The van der Waals surface area contributed by atoms with Gasteiger partial charge < -0.3 is 14.4 Å². The molecule has 2 saturated heterocycles. The third-order valence-electron chi connectivity index (χ3n) is 6.43. The van der Waals surface area contributed by atoms with Gasteiger partial charge in [-0.1, -0.05) is 24.3 Å². The number of para-hydroxylation sites is 1. The third kappa shape index (κ3) is 5.33. The van der Waals surface area contributed by atoms with E-state index in [1.807, 2.05) is 30.3 Å². The van der Waals surface area contributed by atoms with Gasteiger partial charge in [-0.15, -0.1) is 0 Å². The lowest BCUT2D eigenvalue weighted by molar-refractivity contribution is -0.137. The van der Waals surface area contributed by atoms with Gasteiger partial charge in [-0.2, -0.15) is 13.2 Å². The molecule has 0 atom stereocenters. The van der Waals surface area contributed by atoms with Gasteiger partial charge in [0.2, 0.25) is 5.91 Å². The summed E-state index contributed by atoms with van der Waals surface area (Å²) in [6, 6.07) is 18.0. The van der Waals surface area contributed by atoms with Crippen molar-refractivity contribution < 1.29 is 27.6 Å². The van der Waals surface area contributed by atoms with Crippen molar-refractivity contribution in [2.75, 3.05) is 37.6 Å². The smallest absolute Gasteiger partial charge is 0.368 e. The fraction of sp³-hybridized carbons (Fsp3) is 0.222. The Labute approximate surface area is 221 Å². The van der Waals surface area contributed by atoms with Gasteiger partial charge in [0.25, 0.3) is 11.1 Å². The van der Waals surface area contributed by atoms with Crippen molar-refractivity contribution in [1.82, 2.24) is 14.4 Å². The second kappa shape index (κ2) is 10.4. The maximum Gasteiger partial charge on any atom is 0.416 e. The van der Waals surface area contributed by atoms with Gasteiger partial charge in [-0.3, -0.25) is 19.3 Å². The van der Waals surface area contributed by atoms with Crippen LogP contribution in [0.5, 0.6) is 0 Å². The molecule has 196 valence electrons. The number of alkyl halides is 3. The fourth-order valence-electron chi connectivity index (χ4n) is 4.44. The summed E-state index contributed by atoms with van der Waals surface area (Å²) in [5.41, 5.74) is 0.974. The topological polar surface area (TPSA) is 65.9 Å². The van der Waals surface area contributed by atoms with Crippen molar-refractivity contribution >= 4 is 40.6 Å². The van der Waals surface area contributed by atoms with Crippen LogP contribution in [0, 0.1) is 0 Å². The molecule has 3 heterocycles. The Morgan fingerprint density at radius 3 is 2.32 bits per heavy atom. The number of aromatic nitrogens is 1. The number of carbonyl (C=O) groups is 3. The number of amides is 3. The van der Waals surface area contributed by atoms with E-state index in [9.17, 15) is 27.6 Å². The average molecular weight is 541 g/mol. The van der Waals surface area contributed by atoms with Gasteiger partial charge in [-0.05, 0) is 60.3 Å². The van der Waals surface area contributed by atoms with E-state index in [1.165, 1.54) is 22.8 Å². The van der Waals surface area contributed by atoms with Crippen LogP contribution in [0.3, 0.4) is 0 Å². The van der Waals surface area contributed by atoms with Gasteiger partial charge in [0.1, 0.15) is 6.54 Å². The Balaban J connectivity index is 1.26. The number of thioether (sulfide) groups is 1. The Hall–Kier alpha value is -3.99. The maximum absolute atomic E-state index is 13.2. The number of imide groups is 1. The highest BCUT2D eigenvalue weighted by Gasteiger charge is 2.38. The molecule has 0 bridgehead atoms. The Morgan fingerprint density at radius 1 is 0.895 bits per heavy atom. The molecule has 2 fully saturated rings. The highest BCUT2D eigenvalue weighted by atomic mass is 32.2. The predicted octanol–water partition coefficient (Wildman–Crippen LogP) is 4.88. The molecule has 0 saturated carbocycles. The quantitative estimate of drug-likeness (QED) is 0.432. The zero-order valence-corrected chi connectivity index (χ0v) is 20.9. The minimum absolute atomic E-state index is 0.101. The van der Waals surface area contributed by atoms with Crippen molar-refractivity contribution in [2.24, 2.45) is 0 Å². The molecule has 0 N–H and O–H groups in total. The van der Waals surface area contributed by atoms with Gasteiger partial charge in [0.15, 0.2) is 0 Å². The van der Waals surface area contributed by atoms with E-state index in [-0.39, 0.29) is 23.0 Å². The number of piperazine rings is 1. The lowest BCUT2D eigenvalue weighted by Crippen LogP contribution is -2.51. The second-order valence-electron chi connectivity index (χ2n) is 8.82. The van der Waals surface area contributed by atoms with Crippen LogP contribution in [0.25, 0.3) is 11.8 Å². The monoisotopic (exact) mass is 540 g/mol. The minimum atomic E-state index is -4.49. The molecule has 5 rings (SSSR count). The Bertz CT molecular complexity index is 1400. The summed E-state index contributed by atoms with van der Waals surface area (Å²) in [7, 11) is 0. The van der Waals surface area contributed by atoms with E-state index >= 15 is 0 Å². The number of benzene rings is 2. The van der Waals surface area contributed by atoms with Crippen LogP contribution in [0.2, 0.25) is 0 Å². The molecule has 38 heavy (non-hydrogen) atoms. The number of nitrogens with zero attached hydrogens (tertiary/aromatic N) is 4. The summed E-state index contributed by atoms with van der Waals surface area (Å²) < 4.78 is 41.0. The number of hydrogen-bond acceptors (Lipinski definition) is 5. The highest BCUT2D eigenvalue weighted by molar-refractivity contribution is 8.18. The molecule has 7 nitrogen and oxygen atoms in total. The Morgan fingerprint density at radius 2 is 1.61 bits per heavy atom. The first-order valence-electron chi connectivity index (χ1n) is 11.9. The zero-order chi connectivity index (χ0) is 26.9. The van der Waals surface area contributed by atoms with E-state index < -0.39 is 22.9 Å². The lowest BCUT2D eigenvalue weighted by atomic mass is 10.2. The van der Waals surface area contributed by atoms with Gasteiger partial charge in [-0.25, -0.2) is 0 Å². The molecular weight excluding hydrogens is 517 g/mol. The van der Waals surface area contributed by atoms with Crippen LogP contribution in [-0.4, -0.2) is 64.1 Å². The minimum Gasteiger partial charge on any atom is -0.368 e. The SMILES string of the molecule is O=C(CN1C(=O)S/C(=C/c2cccn2-c2cccc(C(F)(F)F)c2)C1=O)N1CCN(c2ccccc2)CC1. The van der Waals surface area contributed by atoms with Crippen molar-refractivity contribution in [1.29, 1.82) is 0 Å². The molecule has 3 aromatic rings. The summed E-state index contributed by atoms with van der Waals surface area (Å²) in [4.78, 5) is 43.3. The van der Waals surface area contributed by atoms with Crippen LogP contribution >= 0.6 is 11.8 Å². The molecule has 2 aromatic carbocycles. The van der Waals surface area contributed by atoms with E-state index in [4.69, 9.17) is 0 Å². The number of anilines is 1. The first kappa shape index (κ1) is 25.7. The molecule has 3 amide bonds. The van der Waals surface area contributed by atoms with Crippen LogP contribution in [0.4, 0.5) is 23.7 Å². The van der Waals surface area contributed by atoms with Crippen molar-refractivity contribution in [3.63, 3.8) is 0 Å². The van der Waals surface area contributed by atoms with Crippen LogP contribution < -0.4 is 4.90 Å². The maximum atomic E-state index is 13.2. The molecule has 11 heteroatoms. The van der Waals surface area contributed by atoms with Gasteiger partial charge >= 0.3 is 6.18 Å². The summed E-state index contributed by atoms with van der Waals surface area (Å²) in [6.45, 7) is 1.88. The van der Waals surface area contributed by atoms with Gasteiger partial charge in [0.05, 0.1) is 10.5 Å². The molecule has 0 unspecified atom stereocenters. The van der Waals surface area contributed by atoms with Crippen LogP contribution in [-0.2, 0) is 15.8 Å². The lowest BCUT2D eigenvalue weighted by Gasteiger charge is -2.36. The number of halogens is 3. The summed E-state index contributed by atoms with van der Waals surface area (Å²) in [5.74, 6) is -0.915. The molecule has 0 aliphatic carbocycles. The molecule has 1 aromatic heterocycles. The first-order chi connectivity index (χ1) is 18.2. The van der Waals surface area contributed by atoms with Crippen LogP contribution in [0.1, 0.15) is 11.3 Å². The van der Waals surface area contributed by atoms with Gasteiger partial charge in [0, 0.05) is 49.4 Å². The molecule has 2 aliphatic heterocycles. The fourth-order valence-corrected chi connectivity index (χ4v) is 5.26. The van der Waals surface area contributed by atoms with E-state index in [0.717, 1.165) is 22.7 Å². The normalized spacial score (nSPS) is 17.6. The molecule has 0 radical (unpaired) electrons. The number of hydrogen-bond donors (Lipinski definition) is 0. The molecule has 2 aliphatic rings. The van der Waals surface area contributed by atoms with Crippen molar-refractivity contribution in [3.8, 4) is 5.69 Å².